The molecule has 0 aromatic heterocycles. The minimum atomic E-state index is -1.24. The minimum Gasteiger partial charge on any atom is -0.369 e. The van der Waals surface area contributed by atoms with E-state index in [4.69, 9.17) is 0 Å². The highest BCUT2D eigenvalue weighted by Crippen LogP contribution is 2.28. The van der Waals surface area contributed by atoms with Crippen LogP contribution in [0, 0.1) is 11.8 Å². The summed E-state index contributed by atoms with van der Waals surface area (Å²) < 4.78 is 0. The van der Waals surface area contributed by atoms with Gasteiger partial charge in [0.1, 0.15) is 6.54 Å². The molecule has 0 saturated carbocycles. The fraction of sp³-hybridized carbons (Fsp3) is 0.417. The summed E-state index contributed by atoms with van der Waals surface area (Å²) in [6.07, 6.45) is 8.13. The van der Waals surface area contributed by atoms with Gasteiger partial charge in [-0.2, -0.15) is 0 Å². The fourth-order valence-corrected chi connectivity index (χ4v) is 4.82. The van der Waals surface area contributed by atoms with E-state index in [0.717, 1.165) is 29.8 Å². The SMILES string of the molecule is OC(C#CC[NH+]1C2CCCC1CCC2)(c1ccccc1)c1ccccc1. The summed E-state index contributed by atoms with van der Waals surface area (Å²) >= 11 is 0. The summed E-state index contributed by atoms with van der Waals surface area (Å²) in [7, 11) is 0. The van der Waals surface area contributed by atoms with Crippen molar-refractivity contribution in [1.29, 1.82) is 0 Å². The molecule has 2 heteroatoms. The maximum absolute atomic E-state index is 11.5. The normalized spacial score (nSPS) is 25.2. The lowest BCUT2D eigenvalue weighted by molar-refractivity contribution is -0.954. The molecule has 0 atom stereocenters. The maximum Gasteiger partial charge on any atom is 0.177 e. The Hall–Kier alpha value is -2.08. The van der Waals surface area contributed by atoms with Gasteiger partial charge in [-0.05, 0) is 44.4 Å². The third-order valence-electron chi connectivity index (χ3n) is 6.20. The van der Waals surface area contributed by atoms with Crippen molar-refractivity contribution in [3.63, 3.8) is 0 Å². The third kappa shape index (κ3) is 3.43. The Balaban J connectivity index is 1.61. The van der Waals surface area contributed by atoms with Gasteiger partial charge >= 0.3 is 0 Å². The molecule has 0 radical (unpaired) electrons. The minimum absolute atomic E-state index is 0.776. The Morgan fingerprint density at radius 3 is 1.73 bits per heavy atom. The van der Waals surface area contributed by atoms with Crippen LogP contribution in [0.1, 0.15) is 49.7 Å². The molecule has 2 aromatic carbocycles. The van der Waals surface area contributed by atoms with E-state index in [0.29, 0.717) is 0 Å². The van der Waals surface area contributed by atoms with E-state index >= 15 is 0 Å². The summed E-state index contributed by atoms with van der Waals surface area (Å²) in [5, 5.41) is 11.5. The van der Waals surface area contributed by atoms with Crippen molar-refractivity contribution >= 4 is 0 Å². The van der Waals surface area contributed by atoms with Crippen LogP contribution in [0.4, 0.5) is 0 Å². The highest BCUT2D eigenvalue weighted by Gasteiger charge is 2.37. The molecule has 2 nitrogen and oxygen atoms in total. The van der Waals surface area contributed by atoms with Gasteiger partial charge in [0, 0.05) is 11.1 Å². The Morgan fingerprint density at radius 2 is 1.27 bits per heavy atom. The first kappa shape index (κ1) is 17.3. The van der Waals surface area contributed by atoms with Crippen molar-refractivity contribution in [1.82, 2.24) is 0 Å². The average molecular weight is 346 g/mol. The molecule has 2 saturated heterocycles. The molecule has 0 spiro atoms. The molecule has 2 N–H and O–H groups in total. The summed E-state index contributed by atoms with van der Waals surface area (Å²) in [5.41, 5.74) is 0.437. The molecule has 2 fully saturated rings. The highest BCUT2D eigenvalue weighted by molar-refractivity contribution is 5.44. The van der Waals surface area contributed by atoms with Crippen LogP contribution in [0.25, 0.3) is 0 Å². The quantitative estimate of drug-likeness (QED) is 0.821. The fourth-order valence-electron chi connectivity index (χ4n) is 4.82. The molecule has 2 aliphatic heterocycles. The first-order valence-corrected chi connectivity index (χ1v) is 9.96. The number of fused-ring (bicyclic) bond motifs is 2. The van der Waals surface area contributed by atoms with Crippen LogP contribution in [-0.4, -0.2) is 23.7 Å². The predicted octanol–water partition coefficient (Wildman–Crippen LogP) is 2.92. The first-order valence-electron chi connectivity index (χ1n) is 9.96. The average Bonchev–Trinajstić information content (AvgIpc) is 2.69. The maximum atomic E-state index is 11.5. The van der Waals surface area contributed by atoms with Gasteiger partial charge in [0.2, 0.25) is 0 Å². The molecule has 2 heterocycles. The standard InChI is InChI=1S/C24H27NO/c26-24(20-10-3-1-4-11-20,21-12-5-2-6-13-21)18-9-19-25-22-14-7-15-23(25)17-8-16-22/h1-6,10-13,22-23,26H,7-8,14-17,19H2/p+1. The van der Waals surface area contributed by atoms with Crippen LogP contribution in [0.3, 0.4) is 0 Å². The molecule has 26 heavy (non-hydrogen) atoms. The summed E-state index contributed by atoms with van der Waals surface area (Å²) in [5.74, 6) is 6.63. The van der Waals surface area contributed by atoms with Crippen molar-refractivity contribution in [2.45, 2.75) is 56.2 Å². The molecular weight excluding hydrogens is 318 g/mol. The van der Waals surface area contributed by atoms with E-state index in [1.165, 1.54) is 38.5 Å². The van der Waals surface area contributed by atoms with Gasteiger partial charge in [-0.1, -0.05) is 66.6 Å². The molecule has 0 unspecified atom stereocenters. The highest BCUT2D eigenvalue weighted by atomic mass is 16.3. The second-order valence-electron chi connectivity index (χ2n) is 7.75. The summed E-state index contributed by atoms with van der Waals surface area (Å²) in [4.78, 5) is 1.67. The van der Waals surface area contributed by atoms with E-state index in [2.05, 4.69) is 11.8 Å². The Bertz CT molecular complexity index is 713. The monoisotopic (exact) mass is 346 g/mol. The van der Waals surface area contributed by atoms with Gasteiger partial charge in [0.15, 0.2) is 5.60 Å². The number of rotatable bonds is 3. The third-order valence-corrected chi connectivity index (χ3v) is 6.20. The zero-order valence-corrected chi connectivity index (χ0v) is 15.3. The van der Waals surface area contributed by atoms with Crippen LogP contribution >= 0.6 is 0 Å². The summed E-state index contributed by atoms with van der Waals surface area (Å²) in [6, 6.07) is 21.2. The zero-order valence-electron chi connectivity index (χ0n) is 15.3. The summed E-state index contributed by atoms with van der Waals surface area (Å²) in [6.45, 7) is 0.845. The van der Waals surface area contributed by atoms with Gasteiger partial charge in [-0.25, -0.2) is 0 Å². The second-order valence-corrected chi connectivity index (χ2v) is 7.75. The van der Waals surface area contributed by atoms with E-state index in [1.807, 2.05) is 60.7 Å². The Morgan fingerprint density at radius 1 is 0.808 bits per heavy atom. The lowest BCUT2D eigenvalue weighted by atomic mass is 9.84. The number of hydrogen-bond acceptors (Lipinski definition) is 1. The lowest BCUT2D eigenvalue weighted by Crippen LogP contribution is -3.20. The van der Waals surface area contributed by atoms with Crippen molar-refractivity contribution in [3.8, 4) is 11.8 Å². The lowest BCUT2D eigenvalue weighted by Gasteiger charge is -2.42. The number of benzene rings is 2. The number of nitrogens with one attached hydrogen (secondary N) is 1. The number of aliphatic hydroxyl groups is 1. The number of quaternary nitrogens is 1. The Labute approximate surface area is 156 Å². The molecule has 0 amide bonds. The van der Waals surface area contributed by atoms with Crippen molar-refractivity contribution in [3.05, 3.63) is 71.8 Å². The largest absolute Gasteiger partial charge is 0.369 e. The zero-order chi connectivity index (χ0) is 17.8. The number of piperidine rings is 2. The van der Waals surface area contributed by atoms with Crippen LogP contribution in [0.5, 0.6) is 0 Å². The molecule has 0 aliphatic carbocycles. The molecule has 134 valence electrons. The van der Waals surface area contributed by atoms with E-state index in [1.54, 1.807) is 4.90 Å². The van der Waals surface area contributed by atoms with E-state index in [9.17, 15) is 5.11 Å². The molecule has 2 bridgehead atoms. The smallest absolute Gasteiger partial charge is 0.177 e. The van der Waals surface area contributed by atoms with Gasteiger partial charge in [-0.15, -0.1) is 0 Å². The van der Waals surface area contributed by atoms with Gasteiger partial charge in [-0.3, -0.25) is 0 Å². The topological polar surface area (TPSA) is 24.7 Å². The second kappa shape index (κ2) is 7.66. The molecule has 2 aromatic rings. The van der Waals surface area contributed by atoms with Crippen molar-refractivity contribution in [2.24, 2.45) is 0 Å². The van der Waals surface area contributed by atoms with Crippen LogP contribution in [0.15, 0.2) is 60.7 Å². The van der Waals surface area contributed by atoms with Crippen molar-refractivity contribution in [2.75, 3.05) is 6.54 Å². The van der Waals surface area contributed by atoms with Crippen LogP contribution < -0.4 is 4.90 Å². The van der Waals surface area contributed by atoms with Gasteiger partial charge in [0.05, 0.1) is 12.1 Å². The van der Waals surface area contributed by atoms with Crippen molar-refractivity contribution < 1.29 is 10.0 Å². The van der Waals surface area contributed by atoms with Gasteiger partial charge < -0.3 is 10.0 Å². The van der Waals surface area contributed by atoms with E-state index in [-0.39, 0.29) is 0 Å². The first-order chi connectivity index (χ1) is 12.8. The molecule has 4 rings (SSSR count). The Kier molecular flexibility index (Phi) is 5.11. The predicted molar refractivity (Wildman–Crippen MR) is 105 cm³/mol. The van der Waals surface area contributed by atoms with Gasteiger partial charge in [0.25, 0.3) is 0 Å². The van der Waals surface area contributed by atoms with Crippen LogP contribution in [-0.2, 0) is 5.60 Å². The molecule has 2 aliphatic rings. The number of hydrogen-bond donors (Lipinski definition) is 2. The van der Waals surface area contributed by atoms with E-state index < -0.39 is 5.60 Å². The van der Waals surface area contributed by atoms with Crippen LogP contribution in [0.2, 0.25) is 0 Å². The molecular formula is C24H28NO+.